The second-order valence-electron chi connectivity index (χ2n) is 6.58. The lowest BCUT2D eigenvalue weighted by Gasteiger charge is -2.28. The highest BCUT2D eigenvalue weighted by Gasteiger charge is 2.21. The number of carbonyl (C=O) groups is 1. The first-order valence-corrected chi connectivity index (χ1v) is 9.31. The molecule has 0 spiro atoms. The summed E-state index contributed by atoms with van der Waals surface area (Å²) in [5, 5.41) is 17.8. The number of morpholine rings is 1. The van der Waals surface area contributed by atoms with Crippen LogP contribution in [0.2, 0.25) is 0 Å². The summed E-state index contributed by atoms with van der Waals surface area (Å²) in [7, 11) is 0. The van der Waals surface area contributed by atoms with E-state index in [1.807, 2.05) is 4.90 Å². The van der Waals surface area contributed by atoms with Crippen LogP contribution < -0.4 is 10.2 Å². The van der Waals surface area contributed by atoms with Gasteiger partial charge in [0, 0.05) is 30.4 Å². The number of nitrogens with one attached hydrogen (secondary N) is 1. The van der Waals surface area contributed by atoms with Crippen LogP contribution in [0, 0.1) is 15.9 Å². The first-order chi connectivity index (χ1) is 14.4. The predicted octanol–water partition coefficient (Wildman–Crippen LogP) is 2.95. The molecule has 0 radical (unpaired) electrons. The van der Waals surface area contributed by atoms with Gasteiger partial charge in [-0.1, -0.05) is 11.2 Å². The fourth-order valence-corrected chi connectivity index (χ4v) is 2.85. The number of amides is 1. The first-order valence-electron chi connectivity index (χ1n) is 9.31. The maximum Gasteiger partial charge on any atom is 0.293 e. The van der Waals surface area contributed by atoms with Crippen LogP contribution in [0.4, 0.5) is 21.5 Å². The summed E-state index contributed by atoms with van der Waals surface area (Å²) in [6, 6.07) is 10.1. The van der Waals surface area contributed by atoms with Crippen molar-refractivity contribution >= 4 is 29.2 Å². The van der Waals surface area contributed by atoms with Gasteiger partial charge in [-0.3, -0.25) is 14.9 Å². The molecular weight excluding hydrogens is 395 g/mol. The maximum absolute atomic E-state index is 12.9. The largest absolute Gasteiger partial charge is 0.383 e. The number of ether oxygens (including phenoxy) is 1. The molecular formula is C20H21FN4O5. The smallest absolute Gasteiger partial charge is 0.293 e. The molecule has 9 nitrogen and oxygen atoms in total. The average molecular weight is 416 g/mol. The van der Waals surface area contributed by atoms with E-state index in [-0.39, 0.29) is 5.69 Å². The van der Waals surface area contributed by atoms with Gasteiger partial charge < -0.3 is 19.8 Å². The van der Waals surface area contributed by atoms with Crippen LogP contribution in [0.3, 0.4) is 0 Å². The summed E-state index contributed by atoms with van der Waals surface area (Å²) in [5.41, 5.74) is 1.37. The van der Waals surface area contributed by atoms with Crippen molar-refractivity contribution in [1.29, 1.82) is 0 Å². The number of nitrogens with zero attached hydrogens (tertiary/aromatic N) is 3. The lowest BCUT2D eigenvalue weighted by Crippen LogP contribution is -2.36. The second kappa shape index (κ2) is 9.79. The van der Waals surface area contributed by atoms with Gasteiger partial charge >= 0.3 is 0 Å². The normalized spacial score (nSPS) is 15.1. The molecule has 1 N–H and O–H groups in total. The Morgan fingerprint density at radius 1 is 1.30 bits per heavy atom. The molecule has 0 saturated carbocycles. The fraction of sp³-hybridized carbons (Fsp3) is 0.300. The summed E-state index contributed by atoms with van der Waals surface area (Å²) >= 11 is 0. The zero-order valence-corrected chi connectivity index (χ0v) is 16.3. The topological polar surface area (TPSA) is 106 Å². The molecule has 1 atom stereocenters. The number of anilines is 2. The Labute approximate surface area is 172 Å². The van der Waals surface area contributed by atoms with Crippen molar-refractivity contribution in [1.82, 2.24) is 0 Å². The lowest BCUT2D eigenvalue weighted by atomic mass is 10.1. The third-order valence-corrected chi connectivity index (χ3v) is 4.45. The molecule has 1 amide bonds. The Morgan fingerprint density at radius 3 is 2.67 bits per heavy atom. The quantitative estimate of drug-likeness (QED) is 0.423. The number of oxime groups is 1. The summed E-state index contributed by atoms with van der Waals surface area (Å²) in [4.78, 5) is 30.2. The van der Waals surface area contributed by atoms with E-state index in [4.69, 9.17) is 9.57 Å². The summed E-state index contributed by atoms with van der Waals surface area (Å²) in [6.07, 6.45) is 0.381. The minimum Gasteiger partial charge on any atom is -0.383 e. The Balaban J connectivity index is 1.62. The Morgan fingerprint density at radius 2 is 2.00 bits per heavy atom. The molecule has 2 aromatic carbocycles. The minimum atomic E-state index is -0.922. The highest BCUT2D eigenvalue weighted by Crippen LogP contribution is 2.29. The van der Waals surface area contributed by atoms with Gasteiger partial charge in [-0.2, -0.15) is 0 Å². The summed E-state index contributed by atoms with van der Waals surface area (Å²) in [5.74, 6) is -0.872. The van der Waals surface area contributed by atoms with Gasteiger partial charge in [0.25, 0.3) is 11.6 Å². The van der Waals surface area contributed by atoms with Crippen LogP contribution >= 0.6 is 0 Å². The van der Waals surface area contributed by atoms with Crippen LogP contribution in [0.5, 0.6) is 0 Å². The van der Waals surface area contributed by atoms with Gasteiger partial charge in [0.1, 0.15) is 11.5 Å². The van der Waals surface area contributed by atoms with Gasteiger partial charge in [0.15, 0.2) is 0 Å². The van der Waals surface area contributed by atoms with Crippen LogP contribution in [0.15, 0.2) is 47.6 Å². The zero-order chi connectivity index (χ0) is 21.5. The lowest BCUT2D eigenvalue weighted by molar-refractivity contribution is -0.384. The van der Waals surface area contributed by atoms with Crippen LogP contribution in [0.25, 0.3) is 0 Å². The molecule has 158 valence electrons. The van der Waals surface area contributed by atoms with Gasteiger partial charge in [-0.15, -0.1) is 0 Å². The van der Waals surface area contributed by atoms with E-state index in [1.54, 1.807) is 12.1 Å². The van der Waals surface area contributed by atoms with Gasteiger partial charge in [-0.25, -0.2) is 4.39 Å². The van der Waals surface area contributed by atoms with Crippen molar-refractivity contribution in [3.05, 3.63) is 64.0 Å². The fourth-order valence-electron chi connectivity index (χ4n) is 2.85. The number of nitro groups is 1. The molecule has 1 heterocycles. The minimum absolute atomic E-state index is 0.0389. The second-order valence-corrected chi connectivity index (χ2v) is 6.58. The van der Waals surface area contributed by atoms with Crippen molar-refractivity contribution in [2.24, 2.45) is 5.16 Å². The number of rotatable bonds is 7. The van der Waals surface area contributed by atoms with E-state index < -0.39 is 22.8 Å². The molecule has 1 saturated heterocycles. The van der Waals surface area contributed by atoms with Crippen molar-refractivity contribution in [2.75, 3.05) is 36.5 Å². The molecule has 1 aliphatic heterocycles. The van der Waals surface area contributed by atoms with Gasteiger partial charge in [0.2, 0.25) is 6.10 Å². The van der Waals surface area contributed by atoms with Crippen molar-refractivity contribution < 1.29 is 23.7 Å². The van der Waals surface area contributed by atoms with Crippen LogP contribution in [-0.2, 0) is 14.4 Å². The Bertz CT molecular complexity index is 929. The third-order valence-electron chi connectivity index (χ3n) is 4.45. The Hall–Kier alpha value is -3.53. The summed E-state index contributed by atoms with van der Waals surface area (Å²) < 4.78 is 18.2. The number of hydrogen-bond donors (Lipinski definition) is 1. The predicted molar refractivity (Wildman–Crippen MR) is 109 cm³/mol. The molecule has 2 aromatic rings. The van der Waals surface area contributed by atoms with Crippen molar-refractivity contribution in [2.45, 2.75) is 13.0 Å². The standard InChI is InChI=1S/C20H21FN4O5/c1-14(20(26)23-17-5-3-16(21)4-6-17)30-22-13-15-2-7-18(19(12-15)25(27)28)24-8-10-29-11-9-24/h2-7,12-14H,8-11H2,1H3,(H,23,26)/b22-13-/t14-/m0/s1. The molecule has 1 aliphatic rings. The van der Waals surface area contributed by atoms with E-state index in [1.165, 1.54) is 43.5 Å². The molecule has 0 aromatic heterocycles. The number of hydrogen-bond acceptors (Lipinski definition) is 7. The SMILES string of the molecule is C[C@H](O/N=C\c1ccc(N2CCOCC2)c([N+](=O)[O-])c1)C(=O)Nc1ccc(F)cc1. The van der Waals surface area contributed by atoms with Crippen LogP contribution in [0.1, 0.15) is 12.5 Å². The van der Waals surface area contributed by atoms with E-state index in [0.29, 0.717) is 43.2 Å². The average Bonchev–Trinajstić information content (AvgIpc) is 2.75. The highest BCUT2D eigenvalue weighted by molar-refractivity contribution is 5.94. The van der Waals surface area contributed by atoms with Gasteiger partial charge in [0.05, 0.1) is 24.4 Å². The van der Waals surface area contributed by atoms with E-state index in [2.05, 4.69) is 10.5 Å². The molecule has 3 rings (SSSR count). The van der Waals surface area contributed by atoms with E-state index >= 15 is 0 Å². The third kappa shape index (κ3) is 5.51. The van der Waals surface area contributed by atoms with E-state index in [9.17, 15) is 19.3 Å². The number of carbonyl (C=O) groups excluding carboxylic acids is 1. The number of halogens is 1. The molecule has 1 fully saturated rings. The van der Waals surface area contributed by atoms with Crippen molar-refractivity contribution in [3.8, 4) is 0 Å². The molecule has 0 aliphatic carbocycles. The first kappa shape index (κ1) is 21.2. The molecule has 10 heteroatoms. The Kier molecular flexibility index (Phi) is 6.91. The molecule has 30 heavy (non-hydrogen) atoms. The summed E-state index contributed by atoms with van der Waals surface area (Å²) in [6.45, 7) is 3.70. The monoisotopic (exact) mass is 416 g/mol. The highest BCUT2D eigenvalue weighted by atomic mass is 19.1. The zero-order valence-electron chi connectivity index (χ0n) is 16.3. The number of benzene rings is 2. The molecule has 0 bridgehead atoms. The number of nitro benzene ring substituents is 1. The van der Waals surface area contributed by atoms with Crippen molar-refractivity contribution in [3.63, 3.8) is 0 Å². The van der Waals surface area contributed by atoms with E-state index in [0.717, 1.165) is 0 Å². The molecule has 0 unspecified atom stereocenters. The van der Waals surface area contributed by atoms with Gasteiger partial charge in [-0.05, 0) is 37.3 Å². The van der Waals surface area contributed by atoms with Crippen LogP contribution in [-0.4, -0.2) is 49.5 Å². The maximum atomic E-state index is 12.9.